The molecule has 0 spiro atoms. The summed E-state index contributed by atoms with van der Waals surface area (Å²) in [5, 5.41) is 0. The van der Waals surface area contributed by atoms with Crippen LogP contribution in [-0.2, 0) is 15.9 Å². The molecule has 5 heteroatoms. The zero-order valence-corrected chi connectivity index (χ0v) is 13.7. The van der Waals surface area contributed by atoms with Gasteiger partial charge in [0.1, 0.15) is 0 Å². The average molecular weight is 328 g/mol. The van der Waals surface area contributed by atoms with Crippen molar-refractivity contribution in [3.05, 3.63) is 29.8 Å². The maximum atomic E-state index is 13.0. The highest BCUT2D eigenvalue weighted by Crippen LogP contribution is 2.38. The van der Waals surface area contributed by atoms with E-state index in [1.165, 1.54) is 25.7 Å². The molecular formula is C16H22ClNO2S. The van der Waals surface area contributed by atoms with Gasteiger partial charge in [-0.1, -0.05) is 31.0 Å². The van der Waals surface area contributed by atoms with Gasteiger partial charge in [0.05, 0.1) is 4.90 Å². The minimum absolute atomic E-state index is 0.195. The van der Waals surface area contributed by atoms with E-state index in [4.69, 9.17) is 11.6 Å². The molecule has 0 aromatic heterocycles. The Kier molecular flexibility index (Phi) is 4.57. The predicted molar refractivity (Wildman–Crippen MR) is 84.9 cm³/mol. The van der Waals surface area contributed by atoms with Crippen molar-refractivity contribution in [3.8, 4) is 0 Å². The van der Waals surface area contributed by atoms with Crippen LogP contribution in [-0.4, -0.2) is 25.3 Å². The second kappa shape index (κ2) is 6.27. The third kappa shape index (κ3) is 2.86. The number of alkyl halides is 1. The Balaban J connectivity index is 1.93. The maximum Gasteiger partial charge on any atom is 0.243 e. The molecule has 1 saturated carbocycles. The van der Waals surface area contributed by atoms with Gasteiger partial charge in [-0.2, -0.15) is 4.31 Å². The monoisotopic (exact) mass is 327 g/mol. The molecule has 3 rings (SSSR count). The fraction of sp³-hybridized carbons (Fsp3) is 0.625. The molecule has 1 unspecified atom stereocenters. The minimum Gasteiger partial charge on any atom is -0.207 e. The van der Waals surface area contributed by atoms with E-state index in [0.717, 1.165) is 12.8 Å². The van der Waals surface area contributed by atoms with Gasteiger partial charge >= 0.3 is 0 Å². The molecule has 2 aliphatic rings. The lowest BCUT2D eigenvalue weighted by Gasteiger charge is -2.29. The molecule has 1 aromatic carbocycles. The minimum atomic E-state index is -3.42. The number of sulfonamides is 1. The summed E-state index contributed by atoms with van der Waals surface area (Å²) in [5.74, 6) is 0.780. The number of benzene rings is 1. The molecule has 0 amide bonds. The van der Waals surface area contributed by atoms with E-state index in [1.54, 1.807) is 22.5 Å². The Morgan fingerprint density at radius 1 is 1.10 bits per heavy atom. The van der Waals surface area contributed by atoms with Crippen LogP contribution in [0, 0.1) is 5.92 Å². The summed E-state index contributed by atoms with van der Waals surface area (Å²) in [5.41, 5.74) is 0.705. The molecule has 1 saturated heterocycles. The van der Waals surface area contributed by atoms with Crippen molar-refractivity contribution in [3.63, 3.8) is 0 Å². The first-order valence-corrected chi connectivity index (χ1v) is 9.78. The lowest BCUT2D eigenvalue weighted by atomic mass is 9.97. The van der Waals surface area contributed by atoms with E-state index in [9.17, 15) is 8.42 Å². The van der Waals surface area contributed by atoms with Crippen molar-refractivity contribution < 1.29 is 8.42 Å². The van der Waals surface area contributed by atoms with E-state index >= 15 is 0 Å². The molecule has 1 aromatic rings. The normalized spacial score (nSPS) is 24.7. The van der Waals surface area contributed by atoms with Crippen LogP contribution in [0.2, 0.25) is 0 Å². The Hall–Kier alpha value is -0.580. The average Bonchev–Trinajstić information content (AvgIpc) is 3.17. The summed E-state index contributed by atoms with van der Waals surface area (Å²) in [6, 6.07) is 7.32. The number of hydrogen-bond acceptors (Lipinski definition) is 2. The molecule has 1 atom stereocenters. The van der Waals surface area contributed by atoms with Crippen LogP contribution in [0.1, 0.15) is 44.1 Å². The van der Waals surface area contributed by atoms with Gasteiger partial charge in [-0.05, 0) is 43.2 Å². The van der Waals surface area contributed by atoms with Crippen LogP contribution >= 0.6 is 11.6 Å². The predicted octanol–water partition coefficient (Wildman–Crippen LogP) is 3.77. The molecule has 1 aliphatic carbocycles. The van der Waals surface area contributed by atoms with Crippen molar-refractivity contribution in [2.75, 3.05) is 6.54 Å². The molecule has 116 valence electrons. The Bertz CT molecular complexity index is 596. The Morgan fingerprint density at radius 2 is 1.81 bits per heavy atom. The quantitative estimate of drug-likeness (QED) is 0.789. The Morgan fingerprint density at radius 3 is 2.52 bits per heavy atom. The maximum absolute atomic E-state index is 13.0. The first-order valence-electron chi connectivity index (χ1n) is 7.80. The number of nitrogens with zero attached hydrogens (tertiary/aromatic N) is 1. The first-order chi connectivity index (χ1) is 10.1. The van der Waals surface area contributed by atoms with Crippen LogP contribution in [0.15, 0.2) is 29.2 Å². The summed E-state index contributed by atoms with van der Waals surface area (Å²) in [4.78, 5) is 0.393. The van der Waals surface area contributed by atoms with Gasteiger partial charge in [0.2, 0.25) is 10.0 Å². The summed E-state index contributed by atoms with van der Waals surface area (Å²) in [7, 11) is -3.42. The molecule has 2 fully saturated rings. The van der Waals surface area contributed by atoms with Crippen molar-refractivity contribution in [1.82, 2.24) is 4.31 Å². The molecule has 0 N–H and O–H groups in total. The fourth-order valence-electron chi connectivity index (χ4n) is 3.87. The van der Waals surface area contributed by atoms with Crippen LogP contribution in [0.4, 0.5) is 0 Å². The van der Waals surface area contributed by atoms with Crippen LogP contribution in [0.3, 0.4) is 0 Å². The Labute approximate surface area is 132 Å². The summed E-state index contributed by atoms with van der Waals surface area (Å²) in [6.07, 6.45) is 6.82. The van der Waals surface area contributed by atoms with E-state index in [1.807, 2.05) is 6.07 Å². The SMILES string of the molecule is O=S(=O)(c1ccccc1CCl)N1CCCC1C1CCCC1. The molecule has 1 aliphatic heterocycles. The van der Waals surface area contributed by atoms with E-state index in [-0.39, 0.29) is 11.9 Å². The van der Waals surface area contributed by atoms with Gasteiger partial charge < -0.3 is 0 Å². The fourth-order valence-corrected chi connectivity index (χ4v) is 6.16. The van der Waals surface area contributed by atoms with Gasteiger partial charge in [-0.3, -0.25) is 0 Å². The van der Waals surface area contributed by atoms with Crippen LogP contribution < -0.4 is 0 Å². The molecule has 21 heavy (non-hydrogen) atoms. The molecule has 3 nitrogen and oxygen atoms in total. The van der Waals surface area contributed by atoms with Gasteiger partial charge in [0.25, 0.3) is 0 Å². The zero-order valence-electron chi connectivity index (χ0n) is 12.2. The third-order valence-electron chi connectivity index (χ3n) is 4.90. The molecule has 0 radical (unpaired) electrons. The van der Waals surface area contributed by atoms with Crippen LogP contribution in [0.5, 0.6) is 0 Å². The smallest absolute Gasteiger partial charge is 0.207 e. The third-order valence-corrected chi connectivity index (χ3v) is 7.21. The summed E-state index contributed by atoms with van der Waals surface area (Å²) < 4.78 is 27.9. The molecule has 0 bridgehead atoms. The zero-order chi connectivity index (χ0) is 14.9. The lowest BCUT2D eigenvalue weighted by molar-refractivity contribution is 0.288. The summed E-state index contributed by atoms with van der Waals surface area (Å²) >= 11 is 5.93. The largest absolute Gasteiger partial charge is 0.243 e. The van der Waals surface area contributed by atoms with Crippen molar-refractivity contribution in [2.45, 2.75) is 55.3 Å². The van der Waals surface area contributed by atoms with Gasteiger partial charge in [0, 0.05) is 18.5 Å². The topological polar surface area (TPSA) is 37.4 Å². The van der Waals surface area contributed by atoms with Gasteiger partial charge in [-0.25, -0.2) is 8.42 Å². The number of rotatable bonds is 4. The second-order valence-electron chi connectivity index (χ2n) is 6.11. The van der Waals surface area contributed by atoms with Crippen molar-refractivity contribution >= 4 is 21.6 Å². The summed E-state index contributed by atoms with van der Waals surface area (Å²) in [6.45, 7) is 0.653. The highest BCUT2D eigenvalue weighted by molar-refractivity contribution is 7.89. The highest BCUT2D eigenvalue weighted by atomic mass is 35.5. The van der Waals surface area contributed by atoms with E-state index < -0.39 is 10.0 Å². The van der Waals surface area contributed by atoms with E-state index in [2.05, 4.69) is 0 Å². The standard InChI is InChI=1S/C16H22ClNO2S/c17-12-14-8-3-4-10-16(14)21(19,20)18-11-5-9-15(18)13-6-1-2-7-13/h3-4,8,10,13,15H,1-2,5-7,9,11-12H2. The van der Waals surface area contributed by atoms with Gasteiger partial charge in [-0.15, -0.1) is 11.6 Å². The van der Waals surface area contributed by atoms with Gasteiger partial charge in [0.15, 0.2) is 0 Å². The molecule has 1 heterocycles. The highest BCUT2D eigenvalue weighted by Gasteiger charge is 2.40. The second-order valence-corrected chi connectivity index (χ2v) is 8.24. The first kappa shape index (κ1) is 15.3. The number of halogens is 1. The van der Waals surface area contributed by atoms with E-state index in [0.29, 0.717) is 22.9 Å². The van der Waals surface area contributed by atoms with Crippen LogP contribution in [0.25, 0.3) is 0 Å². The van der Waals surface area contributed by atoms with Crippen molar-refractivity contribution in [1.29, 1.82) is 0 Å². The number of hydrogen-bond donors (Lipinski definition) is 0. The lowest BCUT2D eigenvalue weighted by Crippen LogP contribution is -2.39. The molecular weight excluding hydrogens is 306 g/mol. The van der Waals surface area contributed by atoms with Crippen molar-refractivity contribution in [2.24, 2.45) is 5.92 Å².